The molecule has 0 saturated heterocycles. The maximum Gasteiger partial charge on any atom is 0.410 e. The number of carbonyl (C=O) groups excluding carboxylic acids is 2. The lowest BCUT2D eigenvalue weighted by Crippen LogP contribution is -2.39. The molecule has 2 aromatic rings. The molecule has 142 valence electrons. The number of carboxylic acid groups (broad SMARTS) is 1. The number of rotatable bonds is 7. The van der Waals surface area contributed by atoms with Crippen molar-refractivity contribution in [3.8, 4) is 0 Å². The molecule has 2 rings (SSSR count). The highest BCUT2D eigenvalue weighted by molar-refractivity contribution is 5.87. The van der Waals surface area contributed by atoms with E-state index in [4.69, 9.17) is 9.84 Å². The van der Waals surface area contributed by atoms with Crippen molar-refractivity contribution in [1.82, 2.24) is 9.80 Å². The summed E-state index contributed by atoms with van der Waals surface area (Å²) in [6.45, 7) is 0.340. The van der Waals surface area contributed by atoms with Gasteiger partial charge in [0.1, 0.15) is 13.2 Å². The second-order valence-electron chi connectivity index (χ2n) is 6.15. The highest BCUT2D eigenvalue weighted by atomic mass is 16.6. The van der Waals surface area contributed by atoms with Crippen molar-refractivity contribution in [2.75, 3.05) is 20.6 Å². The van der Waals surface area contributed by atoms with Crippen molar-refractivity contribution >= 4 is 18.0 Å². The third-order valence-corrected chi connectivity index (χ3v) is 3.94. The lowest BCUT2D eigenvalue weighted by Gasteiger charge is -2.22. The fourth-order valence-corrected chi connectivity index (χ4v) is 2.33. The summed E-state index contributed by atoms with van der Waals surface area (Å²) in [5.74, 6) is -1.25. The second kappa shape index (κ2) is 9.38. The molecule has 0 unspecified atom stereocenters. The summed E-state index contributed by atoms with van der Waals surface area (Å²) in [6.07, 6.45) is -0.577. The van der Waals surface area contributed by atoms with E-state index in [1.165, 1.54) is 29.0 Å². The van der Waals surface area contributed by atoms with E-state index in [-0.39, 0.29) is 24.6 Å². The number of nitrogens with zero attached hydrogens (tertiary/aromatic N) is 2. The summed E-state index contributed by atoms with van der Waals surface area (Å²) in [5, 5.41) is 8.90. The van der Waals surface area contributed by atoms with Gasteiger partial charge in [-0.3, -0.25) is 4.79 Å². The first-order valence-electron chi connectivity index (χ1n) is 8.35. The van der Waals surface area contributed by atoms with Crippen LogP contribution in [0.15, 0.2) is 54.6 Å². The molecule has 2 aromatic carbocycles. The highest BCUT2D eigenvalue weighted by Gasteiger charge is 2.17. The molecule has 0 radical (unpaired) electrons. The van der Waals surface area contributed by atoms with Gasteiger partial charge in [0, 0.05) is 20.6 Å². The number of amides is 2. The SMILES string of the molecule is CN(Cc1ccc(C(=O)O)cc1)C(=O)CN(C)C(=O)OCc1ccccc1. The van der Waals surface area contributed by atoms with E-state index >= 15 is 0 Å². The van der Waals surface area contributed by atoms with Gasteiger partial charge in [0.15, 0.2) is 0 Å². The topological polar surface area (TPSA) is 87.2 Å². The molecule has 0 aliphatic rings. The van der Waals surface area contributed by atoms with Gasteiger partial charge in [-0.2, -0.15) is 0 Å². The molecule has 0 saturated carbocycles. The average molecular weight is 370 g/mol. The van der Waals surface area contributed by atoms with Gasteiger partial charge < -0.3 is 19.6 Å². The molecule has 0 aromatic heterocycles. The van der Waals surface area contributed by atoms with Crippen LogP contribution in [0.2, 0.25) is 0 Å². The van der Waals surface area contributed by atoms with Gasteiger partial charge in [-0.15, -0.1) is 0 Å². The van der Waals surface area contributed by atoms with E-state index in [1.54, 1.807) is 19.2 Å². The Morgan fingerprint density at radius 3 is 2.11 bits per heavy atom. The van der Waals surface area contributed by atoms with Gasteiger partial charge >= 0.3 is 12.1 Å². The summed E-state index contributed by atoms with van der Waals surface area (Å²) in [7, 11) is 3.12. The average Bonchev–Trinajstić information content (AvgIpc) is 2.67. The fourth-order valence-electron chi connectivity index (χ4n) is 2.33. The molecule has 7 nitrogen and oxygen atoms in total. The number of likely N-dealkylation sites (N-methyl/N-ethyl adjacent to an activating group) is 2. The standard InChI is InChI=1S/C20H22N2O5/c1-21(12-15-8-10-17(11-9-15)19(24)25)18(23)13-22(2)20(26)27-14-16-6-4-3-5-7-16/h3-11H,12-14H2,1-2H3,(H,24,25). The van der Waals surface area contributed by atoms with Crippen LogP contribution in [0.5, 0.6) is 0 Å². The smallest absolute Gasteiger partial charge is 0.410 e. The first-order chi connectivity index (χ1) is 12.9. The molecule has 0 aliphatic carbocycles. The normalized spacial score (nSPS) is 10.1. The molecule has 0 bridgehead atoms. The molecule has 0 spiro atoms. The van der Waals surface area contributed by atoms with E-state index in [1.807, 2.05) is 30.3 Å². The minimum Gasteiger partial charge on any atom is -0.478 e. The van der Waals surface area contributed by atoms with Crippen LogP contribution in [0.25, 0.3) is 0 Å². The summed E-state index contributed by atoms with van der Waals surface area (Å²) in [5.41, 5.74) is 1.85. The number of carboxylic acids is 1. The highest BCUT2D eigenvalue weighted by Crippen LogP contribution is 2.08. The molecular formula is C20H22N2O5. The van der Waals surface area contributed by atoms with E-state index in [9.17, 15) is 14.4 Å². The maximum absolute atomic E-state index is 12.3. The predicted octanol–water partition coefficient (Wildman–Crippen LogP) is 2.61. The third kappa shape index (κ3) is 6.14. The minimum atomic E-state index is -0.998. The zero-order valence-electron chi connectivity index (χ0n) is 15.3. The van der Waals surface area contributed by atoms with Crippen LogP contribution in [0.3, 0.4) is 0 Å². The Kier molecular flexibility index (Phi) is 6.93. The van der Waals surface area contributed by atoms with Crippen molar-refractivity contribution in [3.63, 3.8) is 0 Å². The van der Waals surface area contributed by atoms with Gasteiger partial charge in [0.2, 0.25) is 5.91 Å². The number of benzene rings is 2. The summed E-state index contributed by atoms with van der Waals surface area (Å²) >= 11 is 0. The summed E-state index contributed by atoms with van der Waals surface area (Å²) < 4.78 is 5.19. The monoisotopic (exact) mass is 370 g/mol. The van der Waals surface area contributed by atoms with E-state index in [0.29, 0.717) is 6.54 Å². The van der Waals surface area contributed by atoms with Crippen LogP contribution in [0, 0.1) is 0 Å². The van der Waals surface area contributed by atoms with Gasteiger partial charge in [-0.05, 0) is 23.3 Å². The fraction of sp³-hybridized carbons (Fsp3) is 0.250. The van der Waals surface area contributed by atoms with Gasteiger partial charge in [-0.25, -0.2) is 9.59 Å². The van der Waals surface area contributed by atoms with Crippen molar-refractivity contribution < 1.29 is 24.2 Å². The quantitative estimate of drug-likeness (QED) is 0.809. The Morgan fingerprint density at radius 2 is 1.52 bits per heavy atom. The number of hydrogen-bond donors (Lipinski definition) is 1. The molecule has 1 N–H and O–H groups in total. The number of ether oxygens (including phenoxy) is 1. The summed E-state index contributed by atoms with van der Waals surface area (Å²) in [4.78, 5) is 37.8. The van der Waals surface area contributed by atoms with Crippen molar-refractivity contribution in [2.24, 2.45) is 0 Å². The van der Waals surface area contributed by atoms with Crippen LogP contribution >= 0.6 is 0 Å². The zero-order valence-corrected chi connectivity index (χ0v) is 15.3. The minimum absolute atomic E-state index is 0.114. The molecular weight excluding hydrogens is 348 g/mol. The molecule has 0 heterocycles. The number of hydrogen-bond acceptors (Lipinski definition) is 4. The van der Waals surface area contributed by atoms with E-state index in [2.05, 4.69) is 0 Å². The first-order valence-corrected chi connectivity index (χ1v) is 8.35. The van der Waals surface area contributed by atoms with Gasteiger partial charge in [-0.1, -0.05) is 42.5 Å². The Hall–Kier alpha value is -3.35. The molecule has 27 heavy (non-hydrogen) atoms. The van der Waals surface area contributed by atoms with Crippen LogP contribution in [0.1, 0.15) is 21.5 Å². The molecule has 7 heteroatoms. The van der Waals surface area contributed by atoms with Crippen molar-refractivity contribution in [1.29, 1.82) is 0 Å². The lowest BCUT2D eigenvalue weighted by molar-refractivity contribution is -0.131. The van der Waals surface area contributed by atoms with Crippen molar-refractivity contribution in [2.45, 2.75) is 13.2 Å². The van der Waals surface area contributed by atoms with E-state index in [0.717, 1.165) is 11.1 Å². The van der Waals surface area contributed by atoms with Gasteiger partial charge in [0.25, 0.3) is 0 Å². The Bertz CT molecular complexity index is 790. The maximum atomic E-state index is 12.3. The molecule has 2 amide bonds. The lowest BCUT2D eigenvalue weighted by atomic mass is 10.1. The van der Waals surface area contributed by atoms with Crippen LogP contribution < -0.4 is 0 Å². The molecule has 0 fully saturated rings. The number of carbonyl (C=O) groups is 3. The Balaban J connectivity index is 1.81. The van der Waals surface area contributed by atoms with Crippen LogP contribution in [-0.4, -0.2) is 53.5 Å². The Labute approximate surface area is 157 Å². The Morgan fingerprint density at radius 1 is 0.889 bits per heavy atom. The first kappa shape index (κ1) is 20.0. The summed E-state index contributed by atoms with van der Waals surface area (Å²) in [6, 6.07) is 15.6. The molecule has 0 aliphatic heterocycles. The third-order valence-electron chi connectivity index (χ3n) is 3.94. The van der Waals surface area contributed by atoms with Gasteiger partial charge in [0.05, 0.1) is 5.56 Å². The molecule has 0 atom stereocenters. The second-order valence-corrected chi connectivity index (χ2v) is 6.15. The number of aromatic carboxylic acids is 1. The zero-order chi connectivity index (χ0) is 19.8. The van der Waals surface area contributed by atoms with Crippen LogP contribution in [0.4, 0.5) is 4.79 Å². The van der Waals surface area contributed by atoms with Crippen LogP contribution in [-0.2, 0) is 22.7 Å². The van der Waals surface area contributed by atoms with Crippen molar-refractivity contribution in [3.05, 3.63) is 71.3 Å². The van der Waals surface area contributed by atoms with E-state index < -0.39 is 12.1 Å². The predicted molar refractivity (Wildman–Crippen MR) is 99.1 cm³/mol. The largest absolute Gasteiger partial charge is 0.478 e.